The van der Waals surface area contributed by atoms with E-state index in [1.165, 1.54) is 5.56 Å². The van der Waals surface area contributed by atoms with E-state index in [0.29, 0.717) is 35.2 Å². The van der Waals surface area contributed by atoms with Crippen molar-refractivity contribution in [2.75, 3.05) is 31.1 Å². The highest BCUT2D eigenvalue weighted by molar-refractivity contribution is 6.33. The average molecular weight is 484 g/mol. The highest BCUT2D eigenvalue weighted by atomic mass is 35.5. The van der Waals surface area contributed by atoms with Gasteiger partial charge >= 0.3 is 0 Å². The minimum Gasteiger partial charge on any atom is -0.387 e. The van der Waals surface area contributed by atoms with Gasteiger partial charge in [0.1, 0.15) is 0 Å². The van der Waals surface area contributed by atoms with Crippen molar-refractivity contribution in [1.29, 1.82) is 0 Å². The Morgan fingerprint density at radius 2 is 1.76 bits per heavy atom. The predicted molar refractivity (Wildman–Crippen MR) is 134 cm³/mol. The van der Waals surface area contributed by atoms with Crippen LogP contribution in [0.2, 0.25) is 10.0 Å². The Bertz CT molecular complexity index is 1120. The molecule has 3 N–H and O–H groups in total. The van der Waals surface area contributed by atoms with Crippen molar-refractivity contribution in [3.63, 3.8) is 0 Å². The standard InChI is InChI=1S/C26H27Cl2N3O2/c1-17-2-4-19(5-3-17)25(32)16-30-12-13-31(23-11-8-20(26(29)33)14-22(23)28)24(15-30)18-6-9-21(27)10-7-18/h2-11,14,24-25,32H,12-13,15-16H2,1H3,(H2,29,33)/t24-,25?/m0/s1. The zero-order valence-corrected chi connectivity index (χ0v) is 19.9. The molecule has 3 aromatic carbocycles. The van der Waals surface area contributed by atoms with Crippen LogP contribution in [0.25, 0.3) is 0 Å². The summed E-state index contributed by atoms with van der Waals surface area (Å²) in [6.45, 7) is 4.76. The minimum atomic E-state index is -0.568. The number of aliphatic hydroxyl groups is 1. The number of piperazine rings is 1. The number of nitrogens with two attached hydrogens (primary N) is 1. The molecule has 3 aromatic rings. The molecule has 0 radical (unpaired) electrons. The fraction of sp³-hybridized carbons (Fsp3) is 0.269. The van der Waals surface area contributed by atoms with Gasteiger partial charge in [0.25, 0.3) is 0 Å². The number of halogens is 2. The summed E-state index contributed by atoms with van der Waals surface area (Å²) >= 11 is 12.7. The number of hydrogen-bond acceptors (Lipinski definition) is 4. The lowest BCUT2D eigenvalue weighted by Gasteiger charge is -2.44. The largest absolute Gasteiger partial charge is 0.387 e. The van der Waals surface area contributed by atoms with Crippen molar-refractivity contribution in [3.05, 3.63) is 99.0 Å². The van der Waals surface area contributed by atoms with Crippen LogP contribution in [0.3, 0.4) is 0 Å². The Kier molecular flexibility index (Phi) is 7.25. The first kappa shape index (κ1) is 23.6. The van der Waals surface area contributed by atoms with Crippen LogP contribution < -0.4 is 10.6 Å². The molecule has 0 spiro atoms. The second-order valence-electron chi connectivity index (χ2n) is 8.48. The van der Waals surface area contributed by atoms with Gasteiger partial charge in [-0.25, -0.2) is 0 Å². The molecular formula is C26H27Cl2N3O2. The van der Waals surface area contributed by atoms with Crippen LogP contribution in [0.5, 0.6) is 0 Å². The Balaban J connectivity index is 1.59. The first-order valence-electron chi connectivity index (χ1n) is 10.9. The second kappa shape index (κ2) is 10.1. The van der Waals surface area contributed by atoms with Crippen LogP contribution in [0, 0.1) is 6.92 Å². The monoisotopic (exact) mass is 483 g/mol. The molecule has 0 aromatic heterocycles. The SMILES string of the molecule is Cc1ccc(C(O)CN2CCN(c3ccc(C(N)=O)cc3Cl)[C@H](c3ccc(Cl)cc3)C2)cc1. The van der Waals surface area contributed by atoms with Crippen molar-refractivity contribution in [2.24, 2.45) is 5.73 Å². The zero-order chi connectivity index (χ0) is 23.5. The number of β-amino-alcohol motifs (C(OH)–C–C–N with tert-alkyl or cyclic N) is 1. The van der Waals surface area contributed by atoms with Crippen molar-refractivity contribution in [2.45, 2.75) is 19.1 Å². The van der Waals surface area contributed by atoms with E-state index in [2.05, 4.69) is 9.80 Å². The molecular weight excluding hydrogens is 457 g/mol. The van der Waals surface area contributed by atoms with Gasteiger partial charge in [-0.15, -0.1) is 0 Å². The quantitative estimate of drug-likeness (QED) is 0.517. The third-order valence-corrected chi connectivity index (χ3v) is 6.71. The molecule has 7 heteroatoms. The molecule has 172 valence electrons. The van der Waals surface area contributed by atoms with Crippen molar-refractivity contribution < 1.29 is 9.90 Å². The van der Waals surface area contributed by atoms with E-state index < -0.39 is 12.0 Å². The fourth-order valence-corrected chi connectivity index (χ4v) is 4.71. The second-order valence-corrected chi connectivity index (χ2v) is 9.32. The van der Waals surface area contributed by atoms with E-state index in [0.717, 1.165) is 23.4 Å². The number of benzene rings is 3. The summed E-state index contributed by atoms with van der Waals surface area (Å²) in [5.74, 6) is -0.507. The molecule has 0 aliphatic carbocycles. The number of anilines is 1. The number of carbonyl (C=O) groups is 1. The van der Waals surface area contributed by atoms with E-state index in [1.807, 2.05) is 61.5 Å². The first-order valence-corrected chi connectivity index (χ1v) is 11.7. The number of carbonyl (C=O) groups excluding carboxylic acids is 1. The normalized spacial score (nSPS) is 17.7. The van der Waals surface area contributed by atoms with Crippen LogP contribution in [0.4, 0.5) is 5.69 Å². The van der Waals surface area contributed by atoms with Gasteiger partial charge in [-0.1, -0.05) is 65.2 Å². The van der Waals surface area contributed by atoms with Crippen LogP contribution in [0.15, 0.2) is 66.7 Å². The summed E-state index contributed by atoms with van der Waals surface area (Å²) in [5.41, 5.74) is 9.82. The molecule has 4 rings (SSSR count). The van der Waals surface area contributed by atoms with Gasteiger partial charge in [0, 0.05) is 36.8 Å². The predicted octanol–water partition coefficient (Wildman–Crippen LogP) is 5.00. The maximum atomic E-state index is 11.5. The summed E-state index contributed by atoms with van der Waals surface area (Å²) in [7, 11) is 0. The van der Waals surface area contributed by atoms with E-state index in [4.69, 9.17) is 28.9 Å². The number of amides is 1. The molecule has 0 bridgehead atoms. The Hall–Kier alpha value is -2.57. The van der Waals surface area contributed by atoms with Crippen molar-refractivity contribution >= 4 is 34.8 Å². The van der Waals surface area contributed by atoms with Gasteiger partial charge in [0.2, 0.25) is 5.91 Å². The molecule has 1 heterocycles. The zero-order valence-electron chi connectivity index (χ0n) is 18.4. The number of aliphatic hydroxyl groups excluding tert-OH is 1. The highest BCUT2D eigenvalue weighted by Gasteiger charge is 2.31. The van der Waals surface area contributed by atoms with Gasteiger partial charge in [0.05, 0.1) is 22.9 Å². The number of rotatable bonds is 6. The molecule has 1 saturated heterocycles. The van der Waals surface area contributed by atoms with Crippen LogP contribution in [0.1, 0.15) is 39.2 Å². The van der Waals surface area contributed by atoms with E-state index in [1.54, 1.807) is 12.1 Å². The number of aryl methyl sites for hydroxylation is 1. The Morgan fingerprint density at radius 1 is 1.06 bits per heavy atom. The van der Waals surface area contributed by atoms with Crippen LogP contribution in [-0.2, 0) is 0 Å². The molecule has 0 saturated carbocycles. The van der Waals surface area contributed by atoms with Crippen molar-refractivity contribution in [1.82, 2.24) is 4.90 Å². The minimum absolute atomic E-state index is 0.00170. The van der Waals surface area contributed by atoms with Crippen molar-refractivity contribution in [3.8, 4) is 0 Å². The molecule has 1 aliphatic rings. The van der Waals surface area contributed by atoms with E-state index in [-0.39, 0.29) is 6.04 Å². The van der Waals surface area contributed by atoms with Gasteiger partial charge in [0.15, 0.2) is 0 Å². The number of nitrogens with zero attached hydrogens (tertiary/aromatic N) is 2. The summed E-state index contributed by atoms with van der Waals surface area (Å²) in [6, 6.07) is 21.0. The van der Waals surface area contributed by atoms with Gasteiger partial charge in [-0.2, -0.15) is 0 Å². The lowest BCUT2D eigenvalue weighted by atomic mass is 10.00. The fourth-order valence-electron chi connectivity index (χ4n) is 4.30. The Morgan fingerprint density at radius 3 is 2.39 bits per heavy atom. The summed E-state index contributed by atoms with van der Waals surface area (Å²) < 4.78 is 0. The molecule has 1 aliphatic heterocycles. The highest BCUT2D eigenvalue weighted by Crippen LogP contribution is 2.36. The van der Waals surface area contributed by atoms with Crippen LogP contribution >= 0.6 is 23.2 Å². The number of hydrogen-bond donors (Lipinski definition) is 2. The maximum Gasteiger partial charge on any atom is 0.248 e. The Labute approximate surface area is 204 Å². The first-order chi connectivity index (χ1) is 15.8. The maximum absolute atomic E-state index is 11.5. The van der Waals surface area contributed by atoms with Gasteiger partial charge < -0.3 is 15.7 Å². The third kappa shape index (κ3) is 5.50. The summed E-state index contributed by atoms with van der Waals surface area (Å²) in [6.07, 6.45) is -0.568. The third-order valence-electron chi connectivity index (χ3n) is 6.15. The van der Waals surface area contributed by atoms with E-state index in [9.17, 15) is 9.90 Å². The molecule has 1 amide bonds. The van der Waals surface area contributed by atoms with Gasteiger partial charge in [-0.05, 0) is 48.4 Å². The lowest BCUT2D eigenvalue weighted by Crippen LogP contribution is -2.49. The summed E-state index contributed by atoms with van der Waals surface area (Å²) in [4.78, 5) is 16.1. The molecule has 1 fully saturated rings. The average Bonchev–Trinajstić information content (AvgIpc) is 2.80. The molecule has 2 atom stereocenters. The smallest absolute Gasteiger partial charge is 0.248 e. The summed E-state index contributed by atoms with van der Waals surface area (Å²) in [5, 5.41) is 12.0. The number of primary amides is 1. The molecule has 1 unspecified atom stereocenters. The molecule has 5 nitrogen and oxygen atoms in total. The van der Waals surface area contributed by atoms with E-state index >= 15 is 0 Å². The topological polar surface area (TPSA) is 69.8 Å². The van der Waals surface area contributed by atoms with Crippen LogP contribution in [-0.4, -0.2) is 42.1 Å². The lowest BCUT2D eigenvalue weighted by molar-refractivity contribution is 0.0999. The van der Waals surface area contributed by atoms with Gasteiger partial charge in [-0.3, -0.25) is 9.69 Å². The molecule has 33 heavy (non-hydrogen) atoms.